The zero-order chi connectivity index (χ0) is 14.5. The second kappa shape index (κ2) is 7.22. The van der Waals surface area contributed by atoms with Crippen LogP contribution in [0.3, 0.4) is 0 Å². The predicted molar refractivity (Wildman–Crippen MR) is 75.2 cm³/mol. The smallest absolute Gasteiger partial charge is 0.326 e. The van der Waals surface area contributed by atoms with Gasteiger partial charge in [0.15, 0.2) is 0 Å². The SMILES string of the molecule is CCOC(=O)C(C)(CCN(C)C1CCOC1C)NC. The van der Waals surface area contributed by atoms with Gasteiger partial charge in [-0.2, -0.15) is 0 Å². The molecule has 1 fully saturated rings. The molecular weight excluding hydrogens is 244 g/mol. The van der Waals surface area contributed by atoms with Crippen LogP contribution in [0.1, 0.15) is 33.6 Å². The number of carbonyl (C=O) groups excluding carboxylic acids is 1. The topological polar surface area (TPSA) is 50.8 Å². The first-order valence-electron chi connectivity index (χ1n) is 7.12. The van der Waals surface area contributed by atoms with E-state index in [1.807, 2.05) is 13.8 Å². The van der Waals surface area contributed by atoms with Crippen molar-refractivity contribution in [2.75, 3.05) is 33.9 Å². The van der Waals surface area contributed by atoms with Crippen LogP contribution in [0.4, 0.5) is 0 Å². The number of hydrogen-bond acceptors (Lipinski definition) is 5. The number of carbonyl (C=O) groups is 1. The summed E-state index contributed by atoms with van der Waals surface area (Å²) < 4.78 is 10.7. The molecule has 0 spiro atoms. The quantitative estimate of drug-likeness (QED) is 0.702. The fraction of sp³-hybridized carbons (Fsp3) is 0.929. The number of rotatable bonds is 7. The van der Waals surface area contributed by atoms with Gasteiger partial charge in [-0.15, -0.1) is 0 Å². The predicted octanol–water partition coefficient (Wildman–Crippen LogP) is 1.03. The average molecular weight is 272 g/mol. The van der Waals surface area contributed by atoms with Crippen molar-refractivity contribution in [2.24, 2.45) is 0 Å². The lowest BCUT2D eigenvalue weighted by Crippen LogP contribution is -2.51. The van der Waals surface area contributed by atoms with Crippen molar-refractivity contribution < 1.29 is 14.3 Å². The molecule has 1 aliphatic rings. The summed E-state index contributed by atoms with van der Waals surface area (Å²) >= 11 is 0. The molecule has 0 radical (unpaired) electrons. The van der Waals surface area contributed by atoms with Gasteiger partial charge in [-0.05, 0) is 47.7 Å². The molecule has 5 heteroatoms. The highest BCUT2D eigenvalue weighted by Gasteiger charge is 2.35. The first kappa shape index (κ1) is 16.4. The summed E-state index contributed by atoms with van der Waals surface area (Å²) in [5, 5.41) is 3.09. The van der Waals surface area contributed by atoms with Crippen LogP contribution in [-0.4, -0.2) is 62.4 Å². The Balaban J connectivity index is 2.50. The van der Waals surface area contributed by atoms with Gasteiger partial charge < -0.3 is 19.7 Å². The van der Waals surface area contributed by atoms with Crippen LogP contribution in [0.2, 0.25) is 0 Å². The fourth-order valence-corrected chi connectivity index (χ4v) is 2.48. The maximum atomic E-state index is 12.0. The van der Waals surface area contributed by atoms with Gasteiger partial charge in [-0.3, -0.25) is 4.79 Å². The Kier molecular flexibility index (Phi) is 6.23. The van der Waals surface area contributed by atoms with Gasteiger partial charge >= 0.3 is 5.97 Å². The van der Waals surface area contributed by atoms with Gasteiger partial charge in [0.05, 0.1) is 12.7 Å². The van der Waals surface area contributed by atoms with Crippen LogP contribution in [0, 0.1) is 0 Å². The van der Waals surface area contributed by atoms with Crippen molar-refractivity contribution in [1.29, 1.82) is 0 Å². The number of ether oxygens (including phenoxy) is 2. The highest BCUT2D eigenvalue weighted by atomic mass is 16.5. The maximum absolute atomic E-state index is 12.0. The molecule has 0 aromatic carbocycles. The number of esters is 1. The molecule has 1 saturated heterocycles. The third kappa shape index (κ3) is 4.16. The Morgan fingerprint density at radius 1 is 1.58 bits per heavy atom. The van der Waals surface area contributed by atoms with Crippen molar-refractivity contribution in [3.63, 3.8) is 0 Å². The molecule has 1 heterocycles. The lowest BCUT2D eigenvalue weighted by Gasteiger charge is -2.32. The summed E-state index contributed by atoms with van der Waals surface area (Å²) in [5.74, 6) is -0.179. The van der Waals surface area contributed by atoms with Crippen LogP contribution < -0.4 is 5.32 Å². The monoisotopic (exact) mass is 272 g/mol. The summed E-state index contributed by atoms with van der Waals surface area (Å²) in [6.07, 6.45) is 2.06. The highest BCUT2D eigenvalue weighted by Crippen LogP contribution is 2.20. The van der Waals surface area contributed by atoms with Gasteiger partial charge in [-0.1, -0.05) is 0 Å². The third-order valence-electron chi connectivity index (χ3n) is 4.14. The van der Waals surface area contributed by atoms with Crippen LogP contribution in [-0.2, 0) is 14.3 Å². The zero-order valence-electron chi connectivity index (χ0n) is 12.9. The lowest BCUT2D eigenvalue weighted by atomic mass is 9.97. The van der Waals surface area contributed by atoms with E-state index in [-0.39, 0.29) is 12.1 Å². The van der Waals surface area contributed by atoms with Crippen LogP contribution in [0.25, 0.3) is 0 Å². The second-order valence-electron chi connectivity index (χ2n) is 5.47. The Morgan fingerprint density at radius 3 is 2.74 bits per heavy atom. The molecule has 0 aliphatic carbocycles. The Hall–Kier alpha value is -0.650. The summed E-state index contributed by atoms with van der Waals surface area (Å²) in [7, 11) is 3.90. The number of likely N-dealkylation sites (N-methyl/N-ethyl adjacent to an activating group) is 2. The van der Waals surface area contributed by atoms with Crippen molar-refractivity contribution >= 4 is 5.97 Å². The number of nitrogens with one attached hydrogen (secondary N) is 1. The molecule has 0 aromatic rings. The molecule has 1 N–H and O–H groups in total. The van der Waals surface area contributed by atoms with Gasteiger partial charge in [0.1, 0.15) is 5.54 Å². The van der Waals surface area contributed by atoms with Crippen molar-refractivity contribution in [3.05, 3.63) is 0 Å². The summed E-state index contributed by atoms with van der Waals surface area (Å²) in [5.41, 5.74) is -0.618. The summed E-state index contributed by atoms with van der Waals surface area (Å²) in [6, 6.07) is 0.448. The van der Waals surface area contributed by atoms with E-state index in [0.717, 1.165) is 26.0 Å². The average Bonchev–Trinajstić information content (AvgIpc) is 2.82. The number of hydrogen-bond donors (Lipinski definition) is 1. The van der Waals surface area contributed by atoms with E-state index in [9.17, 15) is 4.79 Å². The number of nitrogens with zero attached hydrogens (tertiary/aromatic N) is 1. The molecule has 0 bridgehead atoms. The highest BCUT2D eigenvalue weighted by molar-refractivity contribution is 5.80. The maximum Gasteiger partial charge on any atom is 0.326 e. The Bertz CT molecular complexity index is 298. The molecule has 1 rings (SSSR count). The van der Waals surface area contributed by atoms with Gasteiger partial charge in [-0.25, -0.2) is 0 Å². The molecule has 5 nitrogen and oxygen atoms in total. The van der Waals surface area contributed by atoms with Crippen molar-refractivity contribution in [3.8, 4) is 0 Å². The largest absolute Gasteiger partial charge is 0.465 e. The van der Waals surface area contributed by atoms with E-state index in [4.69, 9.17) is 9.47 Å². The molecule has 1 aliphatic heterocycles. The Morgan fingerprint density at radius 2 is 2.26 bits per heavy atom. The van der Waals surface area contributed by atoms with E-state index < -0.39 is 5.54 Å². The minimum Gasteiger partial charge on any atom is -0.465 e. The van der Waals surface area contributed by atoms with E-state index in [2.05, 4.69) is 24.2 Å². The van der Waals surface area contributed by atoms with Gasteiger partial charge in [0.25, 0.3) is 0 Å². The molecule has 0 aromatic heterocycles. The minimum absolute atomic E-state index is 0.179. The fourth-order valence-electron chi connectivity index (χ4n) is 2.48. The van der Waals surface area contributed by atoms with Crippen LogP contribution in [0.15, 0.2) is 0 Å². The van der Waals surface area contributed by atoms with E-state index >= 15 is 0 Å². The molecular formula is C14H28N2O3. The minimum atomic E-state index is -0.618. The standard InChI is InChI=1S/C14H28N2O3/c1-6-18-13(17)14(3,15-4)8-9-16(5)12-7-10-19-11(12)2/h11-12,15H,6-10H2,1-5H3. The Labute approximate surface area is 116 Å². The van der Waals surface area contributed by atoms with Crippen LogP contribution >= 0.6 is 0 Å². The molecule has 112 valence electrons. The van der Waals surface area contributed by atoms with E-state index in [0.29, 0.717) is 12.6 Å². The molecule has 3 atom stereocenters. The van der Waals surface area contributed by atoms with E-state index in [1.165, 1.54) is 0 Å². The van der Waals surface area contributed by atoms with Crippen molar-refractivity contribution in [1.82, 2.24) is 10.2 Å². The first-order valence-corrected chi connectivity index (χ1v) is 7.12. The first-order chi connectivity index (χ1) is 8.94. The zero-order valence-corrected chi connectivity index (χ0v) is 12.9. The molecule has 0 amide bonds. The van der Waals surface area contributed by atoms with Crippen molar-refractivity contribution in [2.45, 2.75) is 51.3 Å². The molecule has 3 unspecified atom stereocenters. The molecule has 0 saturated carbocycles. The normalized spacial score (nSPS) is 26.4. The summed E-state index contributed by atoms with van der Waals surface area (Å²) in [6.45, 7) is 7.92. The third-order valence-corrected chi connectivity index (χ3v) is 4.14. The van der Waals surface area contributed by atoms with E-state index in [1.54, 1.807) is 7.05 Å². The van der Waals surface area contributed by atoms with Gasteiger partial charge in [0.2, 0.25) is 0 Å². The second-order valence-corrected chi connectivity index (χ2v) is 5.47. The lowest BCUT2D eigenvalue weighted by molar-refractivity contribution is -0.150. The summed E-state index contributed by atoms with van der Waals surface area (Å²) in [4.78, 5) is 14.3. The van der Waals surface area contributed by atoms with Crippen LogP contribution in [0.5, 0.6) is 0 Å². The molecule has 19 heavy (non-hydrogen) atoms. The van der Waals surface area contributed by atoms with Gasteiger partial charge in [0, 0.05) is 19.2 Å².